The maximum absolute atomic E-state index is 12.6. The van der Waals surface area contributed by atoms with Crippen LogP contribution in [-0.2, 0) is 11.2 Å². The summed E-state index contributed by atoms with van der Waals surface area (Å²) in [6.45, 7) is 3.97. The molecular formula is C22H31N5O4. The van der Waals surface area contributed by atoms with E-state index in [1.165, 1.54) is 0 Å². The van der Waals surface area contributed by atoms with E-state index in [1.54, 1.807) is 24.0 Å². The number of carbonyl (C=O) groups excluding carboxylic acids is 2. The standard InChI is InChI=1S/C22H31N5O4/c1-30-19-6-5-17(14-20(19)31-2)7-10-25-12-13-26(22(25)29)11-8-24-16-21(28)27-9-3-4-18(27)15-23/h5-6,14,18,24H,3-4,7-13,16H2,1-2H3/t18-/m0/s1. The number of rotatable bonds is 10. The number of nitrogens with zero attached hydrogens (tertiary/aromatic N) is 4. The number of methoxy groups -OCH3 is 2. The Hall–Kier alpha value is -2.99. The van der Waals surface area contributed by atoms with Crippen LogP contribution in [-0.4, -0.2) is 92.7 Å². The molecule has 2 aliphatic rings. The summed E-state index contributed by atoms with van der Waals surface area (Å²) in [6, 6.07) is 7.71. The van der Waals surface area contributed by atoms with E-state index in [9.17, 15) is 9.59 Å². The molecular weight excluding hydrogens is 398 g/mol. The Morgan fingerprint density at radius 2 is 1.90 bits per heavy atom. The quantitative estimate of drug-likeness (QED) is 0.559. The number of nitriles is 1. The van der Waals surface area contributed by atoms with Crippen LogP contribution in [0.5, 0.6) is 11.5 Å². The zero-order chi connectivity index (χ0) is 22.2. The summed E-state index contributed by atoms with van der Waals surface area (Å²) in [5.74, 6) is 1.33. The summed E-state index contributed by atoms with van der Waals surface area (Å²) in [5.41, 5.74) is 1.08. The minimum absolute atomic E-state index is 0.0256. The maximum Gasteiger partial charge on any atom is 0.320 e. The molecule has 0 spiro atoms. The lowest BCUT2D eigenvalue weighted by Gasteiger charge is -2.21. The first-order valence-electron chi connectivity index (χ1n) is 10.7. The van der Waals surface area contributed by atoms with Gasteiger partial charge in [0.25, 0.3) is 0 Å². The highest BCUT2D eigenvalue weighted by Crippen LogP contribution is 2.27. The van der Waals surface area contributed by atoms with Crippen molar-refractivity contribution in [3.63, 3.8) is 0 Å². The lowest BCUT2D eigenvalue weighted by molar-refractivity contribution is -0.130. The van der Waals surface area contributed by atoms with Gasteiger partial charge < -0.3 is 29.5 Å². The second kappa shape index (κ2) is 10.9. The van der Waals surface area contributed by atoms with Crippen LogP contribution in [0.15, 0.2) is 18.2 Å². The molecule has 1 aromatic rings. The summed E-state index contributed by atoms with van der Waals surface area (Å²) in [5, 5.41) is 12.2. The Balaban J connectivity index is 1.38. The van der Waals surface area contributed by atoms with Crippen molar-refractivity contribution in [2.75, 3.05) is 60.0 Å². The SMILES string of the molecule is COc1ccc(CCN2CCN(CCNCC(=O)N3CCC[C@H]3C#N)C2=O)cc1OC. The number of benzene rings is 1. The van der Waals surface area contributed by atoms with Crippen molar-refractivity contribution in [3.05, 3.63) is 23.8 Å². The number of carbonyl (C=O) groups is 2. The van der Waals surface area contributed by atoms with Crippen molar-refractivity contribution >= 4 is 11.9 Å². The second-order valence-electron chi connectivity index (χ2n) is 7.75. The summed E-state index contributed by atoms with van der Waals surface area (Å²) in [7, 11) is 3.22. The van der Waals surface area contributed by atoms with Gasteiger partial charge in [-0.25, -0.2) is 4.79 Å². The van der Waals surface area contributed by atoms with E-state index in [4.69, 9.17) is 14.7 Å². The van der Waals surface area contributed by atoms with Gasteiger partial charge in [0.05, 0.1) is 26.8 Å². The highest BCUT2D eigenvalue weighted by Gasteiger charge is 2.29. The predicted molar refractivity (Wildman–Crippen MR) is 115 cm³/mol. The first kappa shape index (κ1) is 22.7. The molecule has 3 amide bonds. The Labute approximate surface area is 183 Å². The molecule has 9 nitrogen and oxygen atoms in total. The van der Waals surface area contributed by atoms with E-state index in [1.807, 2.05) is 23.1 Å². The van der Waals surface area contributed by atoms with E-state index >= 15 is 0 Å². The Morgan fingerprint density at radius 3 is 2.61 bits per heavy atom. The highest BCUT2D eigenvalue weighted by molar-refractivity contribution is 5.79. The fourth-order valence-corrected chi connectivity index (χ4v) is 4.06. The van der Waals surface area contributed by atoms with E-state index in [0.29, 0.717) is 50.8 Å². The number of hydrogen-bond donors (Lipinski definition) is 1. The molecule has 1 atom stereocenters. The summed E-state index contributed by atoms with van der Waals surface area (Å²) < 4.78 is 10.6. The third-order valence-corrected chi connectivity index (χ3v) is 5.86. The number of amides is 3. The number of nitrogens with one attached hydrogen (secondary N) is 1. The number of likely N-dealkylation sites (tertiary alicyclic amines) is 1. The normalized spacial score (nSPS) is 18.4. The molecule has 0 aliphatic carbocycles. The van der Waals surface area contributed by atoms with Gasteiger partial charge in [0, 0.05) is 39.3 Å². The fraction of sp³-hybridized carbons (Fsp3) is 0.591. The fourth-order valence-electron chi connectivity index (χ4n) is 4.06. The summed E-state index contributed by atoms with van der Waals surface area (Å²) >= 11 is 0. The lowest BCUT2D eigenvalue weighted by atomic mass is 10.1. The number of ether oxygens (including phenoxy) is 2. The molecule has 2 saturated heterocycles. The van der Waals surface area contributed by atoms with E-state index in [-0.39, 0.29) is 24.5 Å². The average Bonchev–Trinajstić information content (AvgIpc) is 3.41. The van der Waals surface area contributed by atoms with Gasteiger partial charge in [-0.3, -0.25) is 4.79 Å². The molecule has 9 heteroatoms. The van der Waals surface area contributed by atoms with Gasteiger partial charge in [-0.1, -0.05) is 6.07 Å². The van der Waals surface area contributed by atoms with Crippen LogP contribution in [0.3, 0.4) is 0 Å². The zero-order valence-electron chi connectivity index (χ0n) is 18.3. The van der Waals surface area contributed by atoms with Crippen LogP contribution in [0.2, 0.25) is 0 Å². The van der Waals surface area contributed by atoms with Gasteiger partial charge in [-0.2, -0.15) is 5.26 Å². The van der Waals surface area contributed by atoms with E-state index in [2.05, 4.69) is 11.4 Å². The van der Waals surface area contributed by atoms with Gasteiger partial charge in [0.2, 0.25) is 5.91 Å². The zero-order valence-corrected chi connectivity index (χ0v) is 18.3. The van der Waals surface area contributed by atoms with Crippen LogP contribution in [0.4, 0.5) is 4.79 Å². The molecule has 3 rings (SSSR count). The monoisotopic (exact) mass is 429 g/mol. The molecule has 1 N–H and O–H groups in total. The minimum atomic E-state index is -0.298. The van der Waals surface area contributed by atoms with E-state index in [0.717, 1.165) is 24.8 Å². The molecule has 2 fully saturated rings. The lowest BCUT2D eigenvalue weighted by Crippen LogP contribution is -2.43. The van der Waals surface area contributed by atoms with Crippen molar-refractivity contribution in [1.82, 2.24) is 20.0 Å². The highest BCUT2D eigenvalue weighted by atomic mass is 16.5. The van der Waals surface area contributed by atoms with Gasteiger partial charge in [0.1, 0.15) is 6.04 Å². The van der Waals surface area contributed by atoms with E-state index < -0.39 is 0 Å². The molecule has 168 valence electrons. The molecule has 31 heavy (non-hydrogen) atoms. The minimum Gasteiger partial charge on any atom is -0.493 e. The second-order valence-corrected chi connectivity index (χ2v) is 7.75. The predicted octanol–water partition coefficient (Wildman–Crippen LogP) is 1.09. The van der Waals surface area contributed by atoms with Crippen LogP contribution in [0.25, 0.3) is 0 Å². The van der Waals surface area contributed by atoms with Crippen LogP contribution < -0.4 is 14.8 Å². The van der Waals surface area contributed by atoms with Crippen molar-refractivity contribution in [3.8, 4) is 17.6 Å². The molecule has 0 saturated carbocycles. The number of hydrogen-bond acceptors (Lipinski definition) is 6. The largest absolute Gasteiger partial charge is 0.493 e. The summed E-state index contributed by atoms with van der Waals surface area (Å²) in [6.07, 6.45) is 2.37. The smallest absolute Gasteiger partial charge is 0.320 e. The van der Waals surface area contributed by atoms with Crippen molar-refractivity contribution < 1.29 is 19.1 Å². The van der Waals surface area contributed by atoms with Crippen molar-refractivity contribution in [2.24, 2.45) is 0 Å². The Bertz CT molecular complexity index is 825. The van der Waals surface area contributed by atoms with Gasteiger partial charge in [0.15, 0.2) is 11.5 Å². The van der Waals surface area contributed by atoms with Crippen LogP contribution in [0, 0.1) is 11.3 Å². The van der Waals surface area contributed by atoms with Crippen LogP contribution in [0.1, 0.15) is 18.4 Å². The molecule has 1 aromatic carbocycles. The van der Waals surface area contributed by atoms with Gasteiger partial charge in [-0.15, -0.1) is 0 Å². The number of urea groups is 1. The molecule has 0 unspecified atom stereocenters. The van der Waals surface area contributed by atoms with Gasteiger partial charge >= 0.3 is 6.03 Å². The molecule has 0 bridgehead atoms. The molecule has 2 heterocycles. The van der Waals surface area contributed by atoms with Crippen molar-refractivity contribution in [1.29, 1.82) is 5.26 Å². The average molecular weight is 430 g/mol. The third kappa shape index (κ3) is 5.58. The Kier molecular flexibility index (Phi) is 7.95. The molecule has 0 radical (unpaired) electrons. The first-order valence-corrected chi connectivity index (χ1v) is 10.7. The maximum atomic E-state index is 12.6. The molecule has 2 aliphatic heterocycles. The first-order chi connectivity index (χ1) is 15.1. The topological polar surface area (TPSA) is 98.1 Å². The van der Waals surface area contributed by atoms with Crippen molar-refractivity contribution in [2.45, 2.75) is 25.3 Å². The summed E-state index contributed by atoms with van der Waals surface area (Å²) in [4.78, 5) is 30.2. The van der Waals surface area contributed by atoms with Gasteiger partial charge in [-0.05, 0) is 37.0 Å². The Morgan fingerprint density at radius 1 is 1.16 bits per heavy atom. The molecule has 0 aromatic heterocycles. The van der Waals surface area contributed by atoms with Crippen LogP contribution >= 0.6 is 0 Å². The third-order valence-electron chi connectivity index (χ3n) is 5.86.